The van der Waals surface area contributed by atoms with E-state index in [9.17, 15) is 14.4 Å². The van der Waals surface area contributed by atoms with E-state index in [2.05, 4.69) is 5.32 Å². The van der Waals surface area contributed by atoms with Gasteiger partial charge >= 0.3 is 5.97 Å². The van der Waals surface area contributed by atoms with Gasteiger partial charge in [0.15, 0.2) is 0 Å². The molecule has 1 N–H and O–H groups in total. The molecule has 1 heterocycles. The first-order chi connectivity index (χ1) is 8.99. The van der Waals surface area contributed by atoms with E-state index < -0.39 is 5.97 Å². The molecule has 0 atom stereocenters. The van der Waals surface area contributed by atoms with Gasteiger partial charge in [0.2, 0.25) is 11.8 Å². The van der Waals surface area contributed by atoms with Crippen LogP contribution in [0.4, 0.5) is 0 Å². The Kier molecular flexibility index (Phi) is 6.27. The average Bonchev–Trinajstić information content (AvgIpc) is 2.72. The van der Waals surface area contributed by atoms with Gasteiger partial charge < -0.3 is 19.9 Å². The smallest absolute Gasteiger partial charge is 0.325 e. The standard InChI is InChI=1S/C12H21N3O4/c1-14(2)6-7-19-12(18)8-13-10(16)9-15-5-3-4-11(15)17/h3-9H2,1-2H3,(H,13,16). The molecule has 0 aromatic heterocycles. The predicted octanol–water partition coefficient (Wildman–Crippen LogP) is -1.17. The second-order valence-corrected chi connectivity index (χ2v) is 4.72. The molecule has 0 aliphatic carbocycles. The normalized spacial score (nSPS) is 14.9. The zero-order valence-corrected chi connectivity index (χ0v) is 11.5. The summed E-state index contributed by atoms with van der Waals surface area (Å²) in [5, 5.41) is 2.45. The van der Waals surface area contributed by atoms with Crippen molar-refractivity contribution in [2.45, 2.75) is 12.8 Å². The molecule has 0 bridgehead atoms. The van der Waals surface area contributed by atoms with Crippen LogP contribution in [0.5, 0.6) is 0 Å². The number of ether oxygens (including phenoxy) is 1. The van der Waals surface area contributed by atoms with Gasteiger partial charge in [-0.05, 0) is 20.5 Å². The highest BCUT2D eigenvalue weighted by molar-refractivity contribution is 5.87. The van der Waals surface area contributed by atoms with Gasteiger partial charge in [-0.25, -0.2) is 0 Å². The van der Waals surface area contributed by atoms with E-state index in [1.165, 1.54) is 4.90 Å². The van der Waals surface area contributed by atoms with Crippen LogP contribution in [-0.2, 0) is 19.1 Å². The Morgan fingerprint density at radius 3 is 2.74 bits per heavy atom. The van der Waals surface area contributed by atoms with Crippen molar-refractivity contribution < 1.29 is 19.1 Å². The molecule has 0 radical (unpaired) electrons. The number of carbonyl (C=O) groups excluding carboxylic acids is 3. The number of likely N-dealkylation sites (tertiary alicyclic amines) is 1. The van der Waals surface area contributed by atoms with Crippen LogP contribution in [-0.4, -0.2) is 74.5 Å². The van der Waals surface area contributed by atoms with E-state index in [0.717, 1.165) is 6.42 Å². The van der Waals surface area contributed by atoms with Gasteiger partial charge in [-0.1, -0.05) is 0 Å². The monoisotopic (exact) mass is 271 g/mol. The van der Waals surface area contributed by atoms with Crippen LogP contribution in [0.2, 0.25) is 0 Å². The highest BCUT2D eigenvalue weighted by atomic mass is 16.5. The minimum atomic E-state index is -0.469. The van der Waals surface area contributed by atoms with Gasteiger partial charge in [0.1, 0.15) is 13.2 Å². The maximum atomic E-state index is 11.5. The van der Waals surface area contributed by atoms with E-state index in [4.69, 9.17) is 4.74 Å². The Hall–Kier alpha value is -1.63. The van der Waals surface area contributed by atoms with Crippen molar-refractivity contribution >= 4 is 17.8 Å². The molecule has 1 rings (SSSR count). The molecule has 0 aromatic rings. The lowest BCUT2D eigenvalue weighted by Gasteiger charge is -2.15. The molecular weight excluding hydrogens is 250 g/mol. The molecular formula is C12H21N3O4. The van der Waals surface area contributed by atoms with E-state index >= 15 is 0 Å². The topological polar surface area (TPSA) is 79.0 Å². The Balaban J connectivity index is 2.12. The molecule has 0 spiro atoms. The van der Waals surface area contributed by atoms with E-state index in [-0.39, 0.29) is 24.9 Å². The van der Waals surface area contributed by atoms with Crippen LogP contribution in [0, 0.1) is 0 Å². The lowest BCUT2D eigenvalue weighted by molar-refractivity contribution is -0.144. The van der Waals surface area contributed by atoms with Crippen molar-refractivity contribution in [2.24, 2.45) is 0 Å². The number of carbonyl (C=O) groups is 3. The second kappa shape index (κ2) is 7.73. The predicted molar refractivity (Wildman–Crippen MR) is 68.3 cm³/mol. The zero-order chi connectivity index (χ0) is 14.3. The number of hydrogen-bond donors (Lipinski definition) is 1. The summed E-state index contributed by atoms with van der Waals surface area (Å²) in [4.78, 5) is 37.5. The number of amides is 2. The fourth-order valence-corrected chi connectivity index (χ4v) is 1.66. The number of likely N-dealkylation sites (N-methyl/N-ethyl adjacent to an activating group) is 1. The summed E-state index contributed by atoms with van der Waals surface area (Å²) >= 11 is 0. The minimum absolute atomic E-state index is 0.0105. The highest BCUT2D eigenvalue weighted by Crippen LogP contribution is 2.08. The Morgan fingerprint density at radius 1 is 1.42 bits per heavy atom. The fourth-order valence-electron chi connectivity index (χ4n) is 1.66. The molecule has 1 saturated heterocycles. The third kappa shape index (κ3) is 6.19. The molecule has 1 fully saturated rings. The first-order valence-electron chi connectivity index (χ1n) is 6.34. The van der Waals surface area contributed by atoms with Crippen LogP contribution in [0.15, 0.2) is 0 Å². The van der Waals surface area contributed by atoms with Gasteiger partial charge in [0, 0.05) is 19.5 Å². The lowest BCUT2D eigenvalue weighted by Crippen LogP contribution is -2.40. The Labute approximate surface area is 112 Å². The van der Waals surface area contributed by atoms with Crippen LogP contribution in [0.25, 0.3) is 0 Å². The largest absolute Gasteiger partial charge is 0.463 e. The lowest BCUT2D eigenvalue weighted by atomic mass is 10.4. The van der Waals surface area contributed by atoms with Crippen molar-refractivity contribution in [3.05, 3.63) is 0 Å². The first kappa shape index (κ1) is 15.4. The van der Waals surface area contributed by atoms with Gasteiger partial charge in [-0.15, -0.1) is 0 Å². The molecule has 1 aliphatic rings. The van der Waals surface area contributed by atoms with Gasteiger partial charge in [-0.2, -0.15) is 0 Å². The molecule has 0 aromatic carbocycles. The molecule has 2 amide bonds. The van der Waals surface area contributed by atoms with Gasteiger partial charge in [0.05, 0.1) is 6.54 Å². The number of rotatable bonds is 7. The number of hydrogen-bond acceptors (Lipinski definition) is 5. The van der Waals surface area contributed by atoms with E-state index in [1.807, 2.05) is 19.0 Å². The summed E-state index contributed by atoms with van der Waals surface area (Å²) in [5.41, 5.74) is 0. The molecule has 7 heteroatoms. The van der Waals surface area contributed by atoms with Crippen LogP contribution in [0.3, 0.4) is 0 Å². The summed E-state index contributed by atoms with van der Waals surface area (Å²) in [6, 6.07) is 0. The SMILES string of the molecule is CN(C)CCOC(=O)CNC(=O)CN1CCCC1=O. The van der Waals surface area contributed by atoms with Crippen LogP contribution < -0.4 is 5.32 Å². The molecule has 19 heavy (non-hydrogen) atoms. The van der Waals surface area contributed by atoms with Crippen LogP contribution >= 0.6 is 0 Å². The summed E-state index contributed by atoms with van der Waals surface area (Å²) in [6.45, 7) is 1.41. The average molecular weight is 271 g/mol. The number of esters is 1. The van der Waals surface area contributed by atoms with Crippen molar-refractivity contribution in [3.63, 3.8) is 0 Å². The van der Waals surface area contributed by atoms with Crippen molar-refractivity contribution in [2.75, 3.05) is 46.9 Å². The van der Waals surface area contributed by atoms with Gasteiger partial charge in [-0.3, -0.25) is 14.4 Å². The Morgan fingerprint density at radius 2 is 2.16 bits per heavy atom. The van der Waals surface area contributed by atoms with E-state index in [1.54, 1.807) is 0 Å². The summed E-state index contributed by atoms with van der Waals surface area (Å²) in [6.07, 6.45) is 1.29. The molecule has 0 saturated carbocycles. The third-order valence-corrected chi connectivity index (χ3v) is 2.74. The van der Waals surface area contributed by atoms with Crippen molar-refractivity contribution in [1.82, 2.24) is 15.1 Å². The Bertz CT molecular complexity index is 344. The third-order valence-electron chi connectivity index (χ3n) is 2.74. The van der Waals surface area contributed by atoms with Crippen molar-refractivity contribution in [3.8, 4) is 0 Å². The summed E-state index contributed by atoms with van der Waals surface area (Å²) in [7, 11) is 3.76. The molecule has 108 valence electrons. The minimum Gasteiger partial charge on any atom is -0.463 e. The molecule has 0 unspecified atom stereocenters. The fraction of sp³-hybridized carbons (Fsp3) is 0.750. The second-order valence-electron chi connectivity index (χ2n) is 4.72. The van der Waals surface area contributed by atoms with E-state index in [0.29, 0.717) is 26.1 Å². The van der Waals surface area contributed by atoms with Crippen molar-refractivity contribution in [1.29, 1.82) is 0 Å². The quantitative estimate of drug-likeness (QED) is 0.590. The molecule has 1 aliphatic heterocycles. The maximum Gasteiger partial charge on any atom is 0.325 e. The molecule has 7 nitrogen and oxygen atoms in total. The van der Waals surface area contributed by atoms with Gasteiger partial charge in [0.25, 0.3) is 0 Å². The van der Waals surface area contributed by atoms with Crippen LogP contribution in [0.1, 0.15) is 12.8 Å². The first-order valence-corrected chi connectivity index (χ1v) is 6.34. The number of nitrogens with one attached hydrogen (secondary N) is 1. The zero-order valence-electron chi connectivity index (χ0n) is 11.5. The number of nitrogens with zero attached hydrogens (tertiary/aromatic N) is 2. The summed E-state index contributed by atoms with van der Waals surface area (Å²) < 4.78 is 4.92. The highest BCUT2D eigenvalue weighted by Gasteiger charge is 2.22. The summed E-state index contributed by atoms with van der Waals surface area (Å²) in [5.74, 6) is -0.813. The maximum absolute atomic E-state index is 11.5.